The summed E-state index contributed by atoms with van der Waals surface area (Å²) in [6, 6.07) is 8.16. The fourth-order valence-electron chi connectivity index (χ4n) is 2.62. The monoisotopic (exact) mass is 343 g/mol. The lowest BCUT2D eigenvalue weighted by atomic mass is 10.1. The average Bonchev–Trinajstić information content (AvgIpc) is 2.94. The summed E-state index contributed by atoms with van der Waals surface area (Å²) in [7, 11) is 1.36. The third-order valence-electron chi connectivity index (χ3n) is 3.66. The zero-order chi connectivity index (χ0) is 17.6. The van der Waals surface area contributed by atoms with E-state index in [-0.39, 0.29) is 11.6 Å². The highest BCUT2D eigenvalue weighted by molar-refractivity contribution is 6.55. The highest BCUT2D eigenvalue weighted by atomic mass is 19.1. The van der Waals surface area contributed by atoms with Crippen LogP contribution in [-0.2, 0) is 0 Å². The van der Waals surface area contributed by atoms with Crippen LogP contribution in [-0.4, -0.2) is 17.5 Å². The van der Waals surface area contributed by atoms with Crippen molar-refractivity contribution >= 4 is 30.6 Å². The summed E-state index contributed by atoms with van der Waals surface area (Å²) in [4.78, 5) is 10.2. The van der Waals surface area contributed by atoms with E-state index in [9.17, 15) is 17.6 Å². The van der Waals surface area contributed by atoms with Crippen LogP contribution in [0, 0.1) is 23.3 Å². The van der Waals surface area contributed by atoms with Crippen LogP contribution in [0.3, 0.4) is 0 Å². The fraction of sp³-hybridized carbons (Fsp3) is 0. The van der Waals surface area contributed by atoms with E-state index in [4.69, 9.17) is 0 Å². The lowest BCUT2D eigenvalue weighted by molar-refractivity contribution is 0.575. The Morgan fingerprint density at radius 3 is 1.56 bits per heavy atom. The molecule has 9 heteroatoms. The molecule has 3 aromatic rings. The van der Waals surface area contributed by atoms with Crippen LogP contribution in [0.1, 0.15) is 0 Å². The average molecular weight is 343 g/mol. The number of benzene rings is 1. The van der Waals surface area contributed by atoms with Crippen LogP contribution in [0.25, 0.3) is 0 Å². The van der Waals surface area contributed by atoms with Gasteiger partial charge in [-0.1, -0.05) is 12.1 Å². The molecule has 0 aliphatic carbocycles. The number of anilines is 4. The Kier molecular flexibility index (Phi) is 3.56. The molecule has 3 heterocycles. The van der Waals surface area contributed by atoms with Gasteiger partial charge in [0.25, 0.3) is 0 Å². The molecule has 0 spiro atoms. The van der Waals surface area contributed by atoms with Gasteiger partial charge in [0.15, 0.2) is 23.3 Å². The molecule has 0 saturated heterocycles. The first-order valence-corrected chi connectivity index (χ1v) is 7.19. The van der Waals surface area contributed by atoms with Crippen LogP contribution in [0.4, 0.5) is 40.6 Å². The normalized spacial score (nSPS) is 13.0. The Morgan fingerprint density at radius 2 is 1.16 bits per heavy atom. The zero-order valence-corrected chi connectivity index (χ0v) is 12.5. The summed E-state index contributed by atoms with van der Waals surface area (Å²) in [5.41, 5.74) is 0.983. The third-order valence-corrected chi connectivity index (χ3v) is 3.66. The molecule has 4 rings (SSSR count). The minimum absolute atomic E-state index is 0.154. The zero-order valence-electron chi connectivity index (χ0n) is 12.5. The predicted molar refractivity (Wildman–Crippen MR) is 84.8 cm³/mol. The Labute approximate surface area is 140 Å². The summed E-state index contributed by atoms with van der Waals surface area (Å²) in [5.74, 6) is -3.67. The van der Waals surface area contributed by atoms with E-state index in [2.05, 4.69) is 9.97 Å². The smallest absolute Gasteiger partial charge is 0.349 e. The first-order valence-electron chi connectivity index (χ1n) is 7.19. The highest BCUT2D eigenvalue weighted by Crippen LogP contribution is 2.42. The van der Waals surface area contributed by atoms with Crippen LogP contribution in [0.5, 0.6) is 0 Å². The van der Waals surface area contributed by atoms with Crippen LogP contribution in [0.15, 0.2) is 48.8 Å². The number of hydrogen-bond donors (Lipinski definition) is 0. The van der Waals surface area contributed by atoms with E-state index in [0.29, 0.717) is 23.5 Å². The molecule has 1 aliphatic heterocycles. The Morgan fingerprint density at radius 1 is 0.720 bits per heavy atom. The molecule has 0 amide bonds. The Balaban J connectivity index is 1.82. The van der Waals surface area contributed by atoms with Crippen molar-refractivity contribution in [1.82, 2.24) is 9.97 Å². The summed E-state index contributed by atoms with van der Waals surface area (Å²) >= 11 is 0. The van der Waals surface area contributed by atoms with E-state index in [0.717, 1.165) is 12.4 Å². The van der Waals surface area contributed by atoms with Crippen molar-refractivity contribution in [3.05, 3.63) is 72.1 Å². The largest absolute Gasteiger partial charge is 0.404 e. The number of halogens is 4. The molecule has 0 fully saturated rings. The van der Waals surface area contributed by atoms with Crippen molar-refractivity contribution < 1.29 is 17.6 Å². The summed E-state index contributed by atoms with van der Waals surface area (Å²) in [5, 5.41) is 0. The van der Waals surface area contributed by atoms with Gasteiger partial charge in [0.2, 0.25) is 0 Å². The van der Waals surface area contributed by atoms with Crippen molar-refractivity contribution in [2.24, 2.45) is 0 Å². The van der Waals surface area contributed by atoms with E-state index >= 15 is 0 Å². The molecule has 0 atom stereocenters. The molecule has 1 aliphatic rings. The molecule has 123 valence electrons. The van der Waals surface area contributed by atoms with Crippen LogP contribution in [0.2, 0.25) is 0 Å². The lowest BCUT2D eigenvalue weighted by Gasteiger charge is -2.19. The summed E-state index contributed by atoms with van der Waals surface area (Å²) in [6.45, 7) is 0. The van der Waals surface area contributed by atoms with Gasteiger partial charge in [-0.2, -0.15) is 0 Å². The molecule has 25 heavy (non-hydrogen) atoms. The van der Waals surface area contributed by atoms with Gasteiger partial charge in [-0.25, -0.2) is 27.5 Å². The molecule has 4 nitrogen and oxygen atoms in total. The summed E-state index contributed by atoms with van der Waals surface area (Å²) < 4.78 is 54.5. The van der Waals surface area contributed by atoms with Gasteiger partial charge in [0, 0.05) is 12.1 Å². The van der Waals surface area contributed by atoms with E-state index in [1.807, 2.05) is 0 Å². The first kappa shape index (κ1) is 15.4. The standard InChI is InChI=1S/C16H8BF4N4/c18-9-5-11(20)15(22-7-9)24-13-3-1-2-4-14(13)25(17-24)16-12(21)6-10(19)8-23-16/h1-8H. The van der Waals surface area contributed by atoms with Gasteiger partial charge in [0.05, 0.1) is 23.8 Å². The second-order valence-corrected chi connectivity index (χ2v) is 5.26. The maximum Gasteiger partial charge on any atom is 0.404 e. The number of para-hydroxylation sites is 2. The molecule has 1 aromatic carbocycles. The number of aromatic nitrogens is 2. The number of hydrogen-bond acceptors (Lipinski definition) is 4. The Bertz CT molecular complexity index is 892. The minimum Gasteiger partial charge on any atom is -0.349 e. The van der Waals surface area contributed by atoms with Gasteiger partial charge in [-0.05, 0) is 12.1 Å². The van der Waals surface area contributed by atoms with Crippen molar-refractivity contribution in [3.8, 4) is 0 Å². The predicted octanol–water partition coefficient (Wildman–Crippen LogP) is 3.86. The maximum atomic E-state index is 14.1. The van der Waals surface area contributed by atoms with Crippen molar-refractivity contribution in [1.29, 1.82) is 0 Å². The Hall–Kier alpha value is -3.10. The van der Waals surface area contributed by atoms with Gasteiger partial charge >= 0.3 is 7.55 Å². The second kappa shape index (κ2) is 5.76. The quantitative estimate of drug-likeness (QED) is 0.523. The van der Waals surface area contributed by atoms with Crippen molar-refractivity contribution in [3.63, 3.8) is 0 Å². The van der Waals surface area contributed by atoms with Gasteiger partial charge in [-0.3, -0.25) is 0 Å². The molecular weight excluding hydrogens is 335 g/mol. The summed E-state index contributed by atoms with van der Waals surface area (Å²) in [6.07, 6.45) is 1.77. The molecule has 0 bridgehead atoms. The van der Waals surface area contributed by atoms with E-state index in [1.165, 1.54) is 17.2 Å². The van der Waals surface area contributed by atoms with Crippen LogP contribution < -0.4 is 9.62 Å². The fourth-order valence-corrected chi connectivity index (χ4v) is 2.62. The molecule has 1 radical (unpaired) electrons. The van der Waals surface area contributed by atoms with Gasteiger partial charge < -0.3 is 9.62 Å². The SMILES string of the molecule is Fc1cnc(N2[B]N(c3ncc(F)cc3F)c3ccccc32)c(F)c1. The molecule has 2 aromatic heterocycles. The topological polar surface area (TPSA) is 32.3 Å². The second-order valence-electron chi connectivity index (χ2n) is 5.26. The maximum absolute atomic E-state index is 14.1. The first-order chi connectivity index (χ1) is 12.0. The number of nitrogens with zero attached hydrogens (tertiary/aromatic N) is 4. The van der Waals surface area contributed by atoms with E-state index < -0.39 is 23.3 Å². The highest BCUT2D eigenvalue weighted by Gasteiger charge is 2.34. The van der Waals surface area contributed by atoms with Crippen LogP contribution >= 0.6 is 0 Å². The van der Waals surface area contributed by atoms with Gasteiger partial charge in [0.1, 0.15) is 11.6 Å². The number of rotatable bonds is 2. The molecule has 0 saturated carbocycles. The molecule has 0 N–H and O–H groups in total. The van der Waals surface area contributed by atoms with E-state index in [1.54, 1.807) is 24.3 Å². The molecule has 0 unspecified atom stereocenters. The van der Waals surface area contributed by atoms with Crippen molar-refractivity contribution in [2.45, 2.75) is 0 Å². The number of pyridine rings is 2. The third kappa shape index (κ3) is 2.57. The van der Waals surface area contributed by atoms with Crippen molar-refractivity contribution in [2.75, 3.05) is 9.62 Å². The van der Waals surface area contributed by atoms with Gasteiger partial charge in [-0.15, -0.1) is 0 Å². The minimum atomic E-state index is -0.875. The molecular formula is C16H8BF4N4. The number of fused-ring (bicyclic) bond motifs is 1. The lowest BCUT2D eigenvalue weighted by Crippen LogP contribution is -2.31.